The van der Waals surface area contributed by atoms with Crippen molar-refractivity contribution in [2.45, 2.75) is 25.9 Å². The van der Waals surface area contributed by atoms with Crippen LogP contribution in [0.4, 0.5) is 0 Å². The topological polar surface area (TPSA) is 56.5 Å². The molecule has 0 aromatic rings. The Kier molecular flexibility index (Phi) is 5.62. The van der Waals surface area contributed by atoms with E-state index in [0.717, 1.165) is 25.9 Å². The molecule has 15 heavy (non-hydrogen) atoms. The third kappa shape index (κ3) is 4.61. The van der Waals surface area contributed by atoms with Gasteiger partial charge in [0.05, 0.1) is 18.8 Å². The first kappa shape index (κ1) is 12.4. The van der Waals surface area contributed by atoms with Crippen LogP contribution in [-0.2, 0) is 4.74 Å². The summed E-state index contributed by atoms with van der Waals surface area (Å²) in [5.74, 6) is 0.213. The highest BCUT2D eigenvalue weighted by Crippen LogP contribution is 2.15. The second-order valence-corrected chi connectivity index (χ2v) is 4.02. The maximum Gasteiger partial charge on any atom is 0.0900 e. The molecule has 1 heterocycles. The highest BCUT2D eigenvalue weighted by molar-refractivity contribution is 4.87. The van der Waals surface area contributed by atoms with E-state index in [0.29, 0.717) is 19.8 Å². The number of nitrogens with zero attached hydrogens (tertiary/aromatic N) is 2. The van der Waals surface area contributed by atoms with Gasteiger partial charge in [0, 0.05) is 19.1 Å². The van der Waals surface area contributed by atoms with Gasteiger partial charge in [-0.25, -0.2) is 0 Å². The van der Waals surface area contributed by atoms with Crippen molar-refractivity contribution in [3.63, 3.8) is 0 Å². The number of rotatable bonds is 5. The standard InChI is InChI=1S/C11H20N2O2/c1-2-15-9-11(14)8-13-5-3-10(7-12)4-6-13/h10-11,14H,2-6,8-9H2,1H3. The molecule has 1 saturated heterocycles. The van der Waals surface area contributed by atoms with Gasteiger partial charge in [-0.05, 0) is 32.9 Å². The number of hydrogen-bond acceptors (Lipinski definition) is 4. The number of hydrogen-bond donors (Lipinski definition) is 1. The Balaban J connectivity index is 2.15. The van der Waals surface area contributed by atoms with Crippen molar-refractivity contribution >= 4 is 0 Å². The molecule has 1 aliphatic rings. The summed E-state index contributed by atoms with van der Waals surface area (Å²) in [7, 11) is 0. The fourth-order valence-electron chi connectivity index (χ4n) is 1.85. The Bertz CT molecular complexity index is 207. The number of ether oxygens (including phenoxy) is 1. The Hall–Kier alpha value is -0.630. The average Bonchev–Trinajstić information content (AvgIpc) is 2.27. The van der Waals surface area contributed by atoms with Crippen molar-refractivity contribution in [3.05, 3.63) is 0 Å². The Morgan fingerprint density at radius 1 is 1.53 bits per heavy atom. The molecular formula is C11H20N2O2. The molecule has 0 amide bonds. The molecule has 0 aromatic carbocycles. The predicted octanol–water partition coefficient (Wildman–Crippen LogP) is 0.619. The first-order chi connectivity index (χ1) is 7.26. The summed E-state index contributed by atoms with van der Waals surface area (Å²) in [6.45, 7) is 5.48. The molecule has 1 fully saturated rings. The van der Waals surface area contributed by atoms with Crippen LogP contribution in [0.3, 0.4) is 0 Å². The van der Waals surface area contributed by atoms with Gasteiger partial charge in [0.1, 0.15) is 0 Å². The van der Waals surface area contributed by atoms with E-state index < -0.39 is 6.10 Å². The van der Waals surface area contributed by atoms with Crippen LogP contribution in [-0.4, -0.2) is 49.0 Å². The molecule has 0 spiro atoms. The molecule has 1 N–H and O–H groups in total. The van der Waals surface area contributed by atoms with E-state index in [1.165, 1.54) is 0 Å². The van der Waals surface area contributed by atoms with Gasteiger partial charge >= 0.3 is 0 Å². The zero-order valence-electron chi connectivity index (χ0n) is 9.35. The maximum atomic E-state index is 9.62. The summed E-state index contributed by atoms with van der Waals surface area (Å²) >= 11 is 0. The number of piperidine rings is 1. The van der Waals surface area contributed by atoms with E-state index in [-0.39, 0.29) is 5.92 Å². The number of aliphatic hydroxyl groups is 1. The lowest BCUT2D eigenvalue weighted by Gasteiger charge is -2.30. The molecule has 1 rings (SSSR count). The van der Waals surface area contributed by atoms with Crippen LogP contribution in [0.25, 0.3) is 0 Å². The lowest BCUT2D eigenvalue weighted by atomic mass is 9.98. The lowest BCUT2D eigenvalue weighted by molar-refractivity contribution is 0.0162. The molecule has 4 heteroatoms. The summed E-state index contributed by atoms with van der Waals surface area (Å²) < 4.78 is 5.15. The molecule has 0 aromatic heterocycles. The van der Waals surface area contributed by atoms with E-state index in [1.54, 1.807) is 0 Å². The molecule has 0 aliphatic carbocycles. The van der Waals surface area contributed by atoms with Crippen LogP contribution in [0.1, 0.15) is 19.8 Å². The summed E-state index contributed by atoms with van der Waals surface area (Å²) in [6, 6.07) is 2.30. The fraction of sp³-hybridized carbons (Fsp3) is 0.909. The third-order valence-corrected chi connectivity index (χ3v) is 2.75. The van der Waals surface area contributed by atoms with Gasteiger partial charge in [-0.3, -0.25) is 0 Å². The molecule has 1 aliphatic heterocycles. The Morgan fingerprint density at radius 3 is 2.73 bits per heavy atom. The van der Waals surface area contributed by atoms with Crippen molar-refractivity contribution in [1.82, 2.24) is 4.90 Å². The summed E-state index contributed by atoms with van der Waals surface area (Å²) in [5, 5.41) is 18.4. The van der Waals surface area contributed by atoms with Crippen LogP contribution >= 0.6 is 0 Å². The quantitative estimate of drug-likeness (QED) is 0.726. The molecular weight excluding hydrogens is 192 g/mol. The molecule has 1 atom stereocenters. The maximum absolute atomic E-state index is 9.62. The first-order valence-corrected chi connectivity index (χ1v) is 5.64. The van der Waals surface area contributed by atoms with E-state index in [9.17, 15) is 5.11 Å². The smallest absolute Gasteiger partial charge is 0.0900 e. The van der Waals surface area contributed by atoms with E-state index in [4.69, 9.17) is 10.00 Å². The number of aliphatic hydroxyl groups excluding tert-OH is 1. The van der Waals surface area contributed by atoms with Crippen LogP contribution in [0.15, 0.2) is 0 Å². The monoisotopic (exact) mass is 212 g/mol. The second kappa shape index (κ2) is 6.78. The number of β-amino-alcohol motifs (C(OH)–C–C–N with tert-alkyl or cyclic N) is 1. The molecule has 1 unspecified atom stereocenters. The first-order valence-electron chi connectivity index (χ1n) is 5.64. The summed E-state index contributed by atoms with van der Waals surface area (Å²) in [5.41, 5.74) is 0. The number of nitriles is 1. The highest BCUT2D eigenvalue weighted by Gasteiger charge is 2.20. The van der Waals surface area contributed by atoms with Gasteiger partial charge in [-0.1, -0.05) is 0 Å². The molecule has 86 valence electrons. The fourth-order valence-corrected chi connectivity index (χ4v) is 1.85. The van der Waals surface area contributed by atoms with E-state index >= 15 is 0 Å². The van der Waals surface area contributed by atoms with E-state index in [1.807, 2.05) is 6.92 Å². The largest absolute Gasteiger partial charge is 0.389 e. The lowest BCUT2D eigenvalue weighted by Crippen LogP contribution is -2.40. The summed E-state index contributed by atoms with van der Waals surface area (Å²) in [6.07, 6.45) is 1.46. The average molecular weight is 212 g/mol. The molecule has 0 saturated carbocycles. The van der Waals surface area contributed by atoms with Gasteiger partial charge in [-0.2, -0.15) is 5.26 Å². The molecule has 0 radical (unpaired) electrons. The van der Waals surface area contributed by atoms with Crippen molar-refractivity contribution < 1.29 is 9.84 Å². The minimum absolute atomic E-state index is 0.213. The summed E-state index contributed by atoms with van der Waals surface area (Å²) in [4.78, 5) is 2.21. The Morgan fingerprint density at radius 2 is 2.20 bits per heavy atom. The highest BCUT2D eigenvalue weighted by atomic mass is 16.5. The number of likely N-dealkylation sites (tertiary alicyclic amines) is 1. The van der Waals surface area contributed by atoms with Gasteiger partial charge in [-0.15, -0.1) is 0 Å². The second-order valence-electron chi connectivity index (χ2n) is 4.02. The van der Waals surface area contributed by atoms with Crippen LogP contribution in [0.2, 0.25) is 0 Å². The molecule has 0 bridgehead atoms. The zero-order valence-corrected chi connectivity index (χ0v) is 9.35. The third-order valence-electron chi connectivity index (χ3n) is 2.75. The van der Waals surface area contributed by atoms with Gasteiger partial charge in [0.2, 0.25) is 0 Å². The molecule has 4 nitrogen and oxygen atoms in total. The van der Waals surface area contributed by atoms with Crippen LogP contribution in [0, 0.1) is 17.2 Å². The van der Waals surface area contributed by atoms with E-state index in [2.05, 4.69) is 11.0 Å². The van der Waals surface area contributed by atoms with Crippen LogP contribution in [0.5, 0.6) is 0 Å². The minimum atomic E-state index is -0.399. The predicted molar refractivity (Wildman–Crippen MR) is 57.3 cm³/mol. The normalized spacial score (nSPS) is 21.1. The van der Waals surface area contributed by atoms with Crippen molar-refractivity contribution in [2.24, 2.45) is 5.92 Å². The zero-order chi connectivity index (χ0) is 11.1. The van der Waals surface area contributed by atoms with Crippen LogP contribution < -0.4 is 0 Å². The van der Waals surface area contributed by atoms with Gasteiger partial charge < -0.3 is 14.7 Å². The van der Waals surface area contributed by atoms with Gasteiger partial charge in [0.15, 0.2) is 0 Å². The van der Waals surface area contributed by atoms with Gasteiger partial charge in [0.25, 0.3) is 0 Å². The Labute approximate surface area is 91.4 Å². The SMILES string of the molecule is CCOCC(O)CN1CCC(C#N)CC1. The van der Waals surface area contributed by atoms with Crippen molar-refractivity contribution in [1.29, 1.82) is 5.26 Å². The van der Waals surface area contributed by atoms with Crippen molar-refractivity contribution in [3.8, 4) is 6.07 Å². The van der Waals surface area contributed by atoms with Crippen molar-refractivity contribution in [2.75, 3.05) is 32.8 Å². The minimum Gasteiger partial charge on any atom is -0.389 e.